The van der Waals surface area contributed by atoms with E-state index in [4.69, 9.17) is 0 Å². The van der Waals surface area contributed by atoms with Gasteiger partial charge < -0.3 is 10.2 Å². The van der Waals surface area contributed by atoms with Crippen molar-refractivity contribution in [3.63, 3.8) is 0 Å². The first-order valence-corrected chi connectivity index (χ1v) is 7.00. The molecule has 1 aromatic rings. The molecule has 1 N–H and O–H groups in total. The summed E-state index contributed by atoms with van der Waals surface area (Å²) in [6, 6.07) is 6.56. The van der Waals surface area contributed by atoms with Crippen LogP contribution in [0.2, 0.25) is 0 Å². The second kappa shape index (κ2) is 6.10. The summed E-state index contributed by atoms with van der Waals surface area (Å²) in [6.45, 7) is 2.34. The first-order chi connectivity index (χ1) is 9.23. The Bertz CT molecular complexity index is 483. The molecule has 1 spiro atoms. The normalized spacial score (nSPS) is 26.4. The van der Waals surface area contributed by atoms with Crippen molar-refractivity contribution in [3.8, 4) is 0 Å². The van der Waals surface area contributed by atoms with E-state index in [-0.39, 0.29) is 29.5 Å². The van der Waals surface area contributed by atoms with Crippen LogP contribution in [-0.2, 0) is 4.79 Å². The molecule has 0 radical (unpaired) electrons. The van der Waals surface area contributed by atoms with E-state index in [0.29, 0.717) is 12.2 Å². The molecule has 2 aliphatic heterocycles. The average molecular weight is 299 g/mol. The quantitative estimate of drug-likeness (QED) is 0.864. The van der Waals surface area contributed by atoms with Crippen molar-refractivity contribution in [2.75, 3.05) is 24.5 Å². The lowest BCUT2D eigenvalue weighted by Gasteiger charge is -2.44. The number of anilines is 1. The molecule has 2 heterocycles. The van der Waals surface area contributed by atoms with Crippen molar-refractivity contribution in [1.82, 2.24) is 5.32 Å². The highest BCUT2D eigenvalue weighted by Crippen LogP contribution is 2.39. The summed E-state index contributed by atoms with van der Waals surface area (Å²) < 4.78 is 13.9. The molecule has 0 bridgehead atoms. The minimum Gasteiger partial charge on any atom is -0.316 e. The molecule has 0 aliphatic carbocycles. The topological polar surface area (TPSA) is 32.3 Å². The van der Waals surface area contributed by atoms with E-state index in [1.807, 2.05) is 0 Å². The molecular weight excluding hydrogens is 279 g/mol. The zero-order chi connectivity index (χ0) is 13.3. The van der Waals surface area contributed by atoms with E-state index in [1.54, 1.807) is 23.1 Å². The lowest BCUT2D eigenvalue weighted by molar-refractivity contribution is -0.131. The van der Waals surface area contributed by atoms with Crippen LogP contribution in [0.3, 0.4) is 0 Å². The SMILES string of the molecule is Cl.O=C1N(c2ccccc2F)CCCC12CCCNC2. The summed E-state index contributed by atoms with van der Waals surface area (Å²) in [6.07, 6.45) is 3.81. The number of halogens is 2. The summed E-state index contributed by atoms with van der Waals surface area (Å²) in [5, 5.41) is 3.32. The van der Waals surface area contributed by atoms with Gasteiger partial charge in [-0.2, -0.15) is 0 Å². The second-order valence-corrected chi connectivity index (χ2v) is 5.57. The zero-order valence-electron chi connectivity index (χ0n) is 11.4. The van der Waals surface area contributed by atoms with E-state index in [9.17, 15) is 9.18 Å². The number of nitrogens with one attached hydrogen (secondary N) is 1. The fourth-order valence-corrected chi connectivity index (χ4v) is 3.33. The van der Waals surface area contributed by atoms with E-state index < -0.39 is 0 Å². The number of nitrogens with zero attached hydrogens (tertiary/aromatic N) is 1. The van der Waals surface area contributed by atoms with Gasteiger partial charge in [-0.3, -0.25) is 4.79 Å². The van der Waals surface area contributed by atoms with Crippen LogP contribution in [0.4, 0.5) is 10.1 Å². The van der Waals surface area contributed by atoms with E-state index >= 15 is 0 Å². The number of hydrogen-bond acceptors (Lipinski definition) is 2. The average Bonchev–Trinajstić information content (AvgIpc) is 2.44. The Morgan fingerprint density at radius 2 is 1.95 bits per heavy atom. The number of amides is 1. The molecule has 2 aliphatic rings. The first kappa shape index (κ1) is 15.3. The van der Waals surface area contributed by atoms with Gasteiger partial charge in [0.1, 0.15) is 5.82 Å². The summed E-state index contributed by atoms with van der Waals surface area (Å²) in [7, 11) is 0. The predicted molar refractivity (Wildman–Crippen MR) is 79.8 cm³/mol. The molecule has 0 aromatic heterocycles. The molecule has 1 amide bonds. The minimum atomic E-state index is -0.309. The van der Waals surface area contributed by atoms with Crippen LogP contribution in [0.1, 0.15) is 25.7 Å². The van der Waals surface area contributed by atoms with Crippen molar-refractivity contribution in [2.24, 2.45) is 5.41 Å². The van der Waals surface area contributed by atoms with Crippen LogP contribution >= 0.6 is 12.4 Å². The van der Waals surface area contributed by atoms with E-state index in [1.165, 1.54) is 6.07 Å². The van der Waals surface area contributed by atoms with Gasteiger partial charge in [0.05, 0.1) is 11.1 Å². The molecule has 0 saturated carbocycles. The van der Waals surface area contributed by atoms with E-state index in [2.05, 4.69) is 5.32 Å². The Hall–Kier alpha value is -1.13. The molecule has 20 heavy (non-hydrogen) atoms. The molecular formula is C15H20ClFN2O. The minimum absolute atomic E-state index is 0. The highest BCUT2D eigenvalue weighted by Gasteiger charge is 2.45. The standard InChI is InChI=1S/C15H19FN2O.ClH/c16-12-5-1-2-6-13(12)18-10-4-8-15(14(18)19)7-3-9-17-11-15;/h1-2,5-6,17H,3-4,7-11H2;1H. The van der Waals surface area contributed by atoms with Crippen molar-refractivity contribution >= 4 is 24.0 Å². The van der Waals surface area contributed by atoms with Crippen molar-refractivity contribution in [1.29, 1.82) is 0 Å². The third kappa shape index (κ3) is 2.54. The maximum absolute atomic E-state index is 13.9. The number of rotatable bonds is 1. The highest BCUT2D eigenvalue weighted by molar-refractivity contribution is 5.98. The molecule has 2 fully saturated rings. The number of carbonyl (C=O) groups is 1. The van der Waals surface area contributed by atoms with Gasteiger partial charge in [-0.25, -0.2) is 4.39 Å². The Balaban J connectivity index is 0.00000147. The van der Waals surface area contributed by atoms with Gasteiger partial charge in [0.15, 0.2) is 0 Å². The van der Waals surface area contributed by atoms with Gasteiger partial charge in [-0.1, -0.05) is 12.1 Å². The Labute approximate surface area is 124 Å². The summed E-state index contributed by atoms with van der Waals surface area (Å²) in [5.41, 5.74) is 0.121. The third-order valence-electron chi connectivity index (χ3n) is 4.35. The fraction of sp³-hybridized carbons (Fsp3) is 0.533. The monoisotopic (exact) mass is 298 g/mol. The van der Waals surface area contributed by atoms with Crippen LogP contribution in [0, 0.1) is 11.2 Å². The summed E-state index contributed by atoms with van der Waals surface area (Å²) in [4.78, 5) is 14.4. The molecule has 3 nitrogen and oxygen atoms in total. The third-order valence-corrected chi connectivity index (χ3v) is 4.35. The predicted octanol–water partition coefficient (Wildman–Crippen LogP) is 2.74. The van der Waals surface area contributed by atoms with Gasteiger partial charge in [0.25, 0.3) is 0 Å². The number of benzene rings is 1. The van der Waals surface area contributed by atoms with Crippen molar-refractivity contribution in [3.05, 3.63) is 30.1 Å². The van der Waals surface area contributed by atoms with Crippen LogP contribution in [-0.4, -0.2) is 25.5 Å². The fourth-order valence-electron chi connectivity index (χ4n) is 3.33. The van der Waals surface area contributed by atoms with Gasteiger partial charge >= 0.3 is 0 Å². The lowest BCUT2D eigenvalue weighted by Crippen LogP contribution is -2.55. The number of para-hydroxylation sites is 1. The van der Waals surface area contributed by atoms with Crippen LogP contribution in [0.5, 0.6) is 0 Å². The summed E-state index contributed by atoms with van der Waals surface area (Å²) in [5.74, 6) is -0.215. The number of carbonyl (C=O) groups excluding carboxylic acids is 1. The van der Waals surface area contributed by atoms with Gasteiger partial charge in [0, 0.05) is 13.1 Å². The van der Waals surface area contributed by atoms with Crippen LogP contribution in [0.25, 0.3) is 0 Å². The number of hydrogen-bond donors (Lipinski definition) is 1. The van der Waals surface area contributed by atoms with Crippen LogP contribution < -0.4 is 10.2 Å². The molecule has 1 unspecified atom stereocenters. The molecule has 5 heteroatoms. The van der Waals surface area contributed by atoms with Gasteiger partial charge in [-0.05, 0) is 44.4 Å². The second-order valence-electron chi connectivity index (χ2n) is 5.57. The highest BCUT2D eigenvalue weighted by atomic mass is 35.5. The molecule has 1 atom stereocenters. The maximum Gasteiger partial charge on any atom is 0.234 e. The van der Waals surface area contributed by atoms with Gasteiger partial charge in [-0.15, -0.1) is 12.4 Å². The smallest absolute Gasteiger partial charge is 0.234 e. The van der Waals surface area contributed by atoms with Gasteiger partial charge in [0.2, 0.25) is 5.91 Å². The van der Waals surface area contributed by atoms with Crippen molar-refractivity contribution in [2.45, 2.75) is 25.7 Å². The molecule has 110 valence electrons. The Morgan fingerprint density at radius 3 is 2.65 bits per heavy atom. The van der Waals surface area contributed by atoms with E-state index in [0.717, 1.165) is 38.8 Å². The molecule has 2 saturated heterocycles. The zero-order valence-corrected chi connectivity index (χ0v) is 12.2. The summed E-state index contributed by atoms with van der Waals surface area (Å²) >= 11 is 0. The largest absolute Gasteiger partial charge is 0.316 e. The Morgan fingerprint density at radius 1 is 1.20 bits per heavy atom. The van der Waals surface area contributed by atoms with Crippen LogP contribution in [0.15, 0.2) is 24.3 Å². The lowest BCUT2D eigenvalue weighted by atomic mass is 9.73. The van der Waals surface area contributed by atoms with Crippen molar-refractivity contribution < 1.29 is 9.18 Å². The Kier molecular flexibility index (Phi) is 4.66. The molecule has 1 aromatic carbocycles. The maximum atomic E-state index is 13.9. The number of piperidine rings is 2. The molecule has 3 rings (SSSR count). The first-order valence-electron chi connectivity index (χ1n) is 7.00.